The Labute approximate surface area is 198 Å². The highest BCUT2D eigenvalue weighted by Gasteiger charge is 2.52. The first kappa shape index (κ1) is 25.5. The molecule has 3 rings (SSSR count). The van der Waals surface area contributed by atoms with E-state index in [0.717, 1.165) is 24.2 Å². The number of H-pyrrole nitrogens is 1. The van der Waals surface area contributed by atoms with Crippen molar-refractivity contribution in [2.45, 2.75) is 78.3 Å². The molecule has 1 aliphatic carbocycles. The summed E-state index contributed by atoms with van der Waals surface area (Å²) in [5.74, 6) is -0.572. The molecule has 34 heavy (non-hydrogen) atoms. The van der Waals surface area contributed by atoms with Crippen LogP contribution in [-0.4, -0.2) is 50.9 Å². The van der Waals surface area contributed by atoms with Gasteiger partial charge in [0.1, 0.15) is 17.9 Å². The number of carbonyl (C=O) groups is 3. The lowest BCUT2D eigenvalue weighted by atomic mass is 9.77. The Kier molecular flexibility index (Phi) is 7.52. The molecule has 11 heteroatoms. The molecular weight excluding hydrogens is 440 g/mol. The Hall–Kier alpha value is -3.11. The maximum Gasteiger partial charge on any atom is 0.330 e. The third-order valence-electron chi connectivity index (χ3n) is 6.74. The van der Waals surface area contributed by atoms with E-state index in [2.05, 4.69) is 17.2 Å². The van der Waals surface area contributed by atoms with Crippen LogP contribution in [0.25, 0.3) is 0 Å². The van der Waals surface area contributed by atoms with Crippen molar-refractivity contribution in [2.24, 2.45) is 11.8 Å². The Morgan fingerprint density at radius 2 is 1.85 bits per heavy atom. The minimum absolute atomic E-state index is 0.0684. The normalized spacial score (nSPS) is 22.5. The second-order valence-electron chi connectivity index (χ2n) is 9.98. The lowest BCUT2D eigenvalue weighted by molar-refractivity contribution is -0.135. The van der Waals surface area contributed by atoms with Gasteiger partial charge < -0.3 is 16.0 Å². The molecule has 1 aliphatic heterocycles. The first-order valence-corrected chi connectivity index (χ1v) is 12.1. The van der Waals surface area contributed by atoms with Crippen molar-refractivity contribution in [1.82, 2.24) is 19.8 Å². The topological polar surface area (TPSA) is 151 Å². The molecule has 0 aromatic carbocycles. The van der Waals surface area contributed by atoms with E-state index in [1.807, 2.05) is 20.8 Å². The Morgan fingerprint density at radius 3 is 2.44 bits per heavy atom. The van der Waals surface area contributed by atoms with Crippen LogP contribution < -0.4 is 27.2 Å². The third-order valence-corrected chi connectivity index (χ3v) is 6.74. The number of anilines is 2. The van der Waals surface area contributed by atoms with Gasteiger partial charge in [-0.1, -0.05) is 34.1 Å². The second kappa shape index (κ2) is 10.0. The maximum atomic E-state index is 13.4. The molecule has 1 saturated heterocycles. The van der Waals surface area contributed by atoms with Crippen LogP contribution in [0.1, 0.15) is 66.2 Å². The highest BCUT2D eigenvalue weighted by atomic mass is 16.2. The quantitative estimate of drug-likeness (QED) is 0.483. The average molecular weight is 477 g/mol. The van der Waals surface area contributed by atoms with E-state index in [1.54, 1.807) is 0 Å². The van der Waals surface area contributed by atoms with Gasteiger partial charge in [-0.25, -0.2) is 9.59 Å². The zero-order valence-electron chi connectivity index (χ0n) is 20.5. The number of hydrogen-bond donors (Lipinski definition) is 3. The van der Waals surface area contributed by atoms with Crippen molar-refractivity contribution >= 4 is 29.4 Å². The van der Waals surface area contributed by atoms with Crippen molar-refractivity contribution in [3.8, 4) is 0 Å². The number of nitrogens with zero attached hydrogens (tertiary/aromatic N) is 3. The zero-order chi connectivity index (χ0) is 25.2. The van der Waals surface area contributed by atoms with Gasteiger partial charge in [-0.05, 0) is 43.9 Å². The summed E-state index contributed by atoms with van der Waals surface area (Å²) in [5.41, 5.74) is 3.71. The molecule has 1 spiro atoms. The zero-order valence-corrected chi connectivity index (χ0v) is 20.5. The third kappa shape index (κ3) is 4.88. The first-order chi connectivity index (χ1) is 16.0. The van der Waals surface area contributed by atoms with Gasteiger partial charge in [0.05, 0.1) is 0 Å². The highest BCUT2D eigenvalue weighted by Crippen LogP contribution is 2.36. The fraction of sp³-hybridized carbons (Fsp3) is 0.696. The number of hydrogen-bond acceptors (Lipinski definition) is 6. The number of urea groups is 1. The second-order valence-corrected chi connectivity index (χ2v) is 9.98. The molecule has 0 atom stereocenters. The van der Waals surface area contributed by atoms with E-state index in [0.29, 0.717) is 25.2 Å². The van der Waals surface area contributed by atoms with Crippen LogP contribution >= 0.6 is 0 Å². The maximum absolute atomic E-state index is 13.4. The van der Waals surface area contributed by atoms with Gasteiger partial charge in [0, 0.05) is 13.1 Å². The number of aromatic amines is 1. The summed E-state index contributed by atoms with van der Waals surface area (Å²) < 4.78 is 1.24. The smallest absolute Gasteiger partial charge is 0.330 e. The summed E-state index contributed by atoms with van der Waals surface area (Å²) >= 11 is 0. The van der Waals surface area contributed by atoms with E-state index < -0.39 is 41.2 Å². The number of imide groups is 1. The van der Waals surface area contributed by atoms with Crippen LogP contribution in [0.4, 0.5) is 16.3 Å². The number of unbranched alkanes of at least 4 members (excludes halogenated alkanes) is 1. The number of aromatic nitrogens is 2. The highest BCUT2D eigenvalue weighted by molar-refractivity contribution is 6.10. The Morgan fingerprint density at radius 1 is 1.21 bits per heavy atom. The molecule has 4 amide bonds. The van der Waals surface area contributed by atoms with E-state index in [1.165, 1.54) is 9.47 Å². The largest absolute Gasteiger partial charge is 0.383 e. The van der Waals surface area contributed by atoms with Crippen molar-refractivity contribution in [3.05, 3.63) is 20.8 Å². The van der Waals surface area contributed by atoms with E-state index >= 15 is 0 Å². The number of nitrogens with one attached hydrogen (secondary N) is 2. The summed E-state index contributed by atoms with van der Waals surface area (Å²) in [7, 11) is 0. The molecule has 11 nitrogen and oxygen atoms in total. The van der Waals surface area contributed by atoms with Crippen LogP contribution in [0.2, 0.25) is 0 Å². The van der Waals surface area contributed by atoms with Crippen LogP contribution in [0.3, 0.4) is 0 Å². The molecule has 0 radical (unpaired) electrons. The van der Waals surface area contributed by atoms with Crippen molar-refractivity contribution in [3.63, 3.8) is 0 Å². The Balaban J connectivity index is 1.92. The number of amides is 4. The molecule has 4 N–H and O–H groups in total. The molecule has 2 aliphatic rings. The van der Waals surface area contributed by atoms with Gasteiger partial charge in [0.25, 0.3) is 11.5 Å². The summed E-state index contributed by atoms with van der Waals surface area (Å²) in [6.45, 7) is 7.76. The van der Waals surface area contributed by atoms with Gasteiger partial charge in [-0.2, -0.15) is 0 Å². The lowest BCUT2D eigenvalue weighted by Crippen LogP contribution is -2.50. The van der Waals surface area contributed by atoms with Crippen LogP contribution in [0.15, 0.2) is 9.59 Å². The molecule has 0 unspecified atom stereocenters. The molecule has 2 heterocycles. The molecular formula is C23H36N6O5. The van der Waals surface area contributed by atoms with Crippen molar-refractivity contribution in [2.75, 3.05) is 23.7 Å². The minimum atomic E-state index is -0.959. The molecule has 1 aromatic rings. The van der Waals surface area contributed by atoms with Crippen molar-refractivity contribution in [1.29, 1.82) is 0 Å². The van der Waals surface area contributed by atoms with Gasteiger partial charge in [0.2, 0.25) is 5.91 Å². The summed E-state index contributed by atoms with van der Waals surface area (Å²) in [6.07, 6.45) is 4.01. The van der Waals surface area contributed by atoms with Gasteiger partial charge in [-0.15, -0.1) is 0 Å². The minimum Gasteiger partial charge on any atom is -0.383 e. The summed E-state index contributed by atoms with van der Waals surface area (Å²) in [4.78, 5) is 68.7. The predicted molar refractivity (Wildman–Crippen MR) is 128 cm³/mol. The van der Waals surface area contributed by atoms with Crippen molar-refractivity contribution < 1.29 is 14.4 Å². The van der Waals surface area contributed by atoms with Gasteiger partial charge >= 0.3 is 11.7 Å². The van der Waals surface area contributed by atoms with E-state index in [-0.39, 0.29) is 30.5 Å². The van der Waals surface area contributed by atoms with Crippen LogP contribution in [0.5, 0.6) is 0 Å². The predicted octanol–water partition coefficient (Wildman–Crippen LogP) is 1.41. The van der Waals surface area contributed by atoms with E-state index in [4.69, 9.17) is 5.73 Å². The van der Waals surface area contributed by atoms with E-state index in [9.17, 15) is 24.0 Å². The average Bonchev–Trinajstić information content (AvgIpc) is 2.99. The first-order valence-electron chi connectivity index (χ1n) is 12.1. The number of nitrogen functional groups attached to an aromatic ring is 1. The molecule has 2 fully saturated rings. The SMILES string of the molecule is CCCCN(C(=O)CN1C(=O)NC2(CCC(C)CC2)C1=O)c1c(N)n(CC(C)C)c(=O)[nH]c1=O. The molecule has 0 bridgehead atoms. The standard InChI is InChI=1S/C23H36N6O5/c1-5-6-11-27(17-18(24)28(12-14(2)3)21(33)25-19(17)31)16(30)13-29-20(32)23(26-22(29)34)9-7-15(4)8-10-23/h14-15H,5-13,24H2,1-4H3,(H,26,34)(H,25,31,33). The molecule has 1 aromatic heterocycles. The number of nitrogens with two attached hydrogens (primary N) is 1. The number of rotatable bonds is 8. The molecule has 188 valence electrons. The lowest BCUT2D eigenvalue weighted by Gasteiger charge is -2.33. The fourth-order valence-electron chi connectivity index (χ4n) is 4.70. The van der Waals surface area contributed by atoms with Gasteiger partial charge in [0.15, 0.2) is 5.69 Å². The number of carbonyl (C=O) groups excluding carboxylic acids is 3. The van der Waals surface area contributed by atoms with Crippen LogP contribution in [0, 0.1) is 11.8 Å². The Bertz CT molecular complexity index is 1070. The summed E-state index contributed by atoms with van der Waals surface area (Å²) in [6, 6.07) is -0.602. The van der Waals surface area contributed by atoms with Crippen LogP contribution in [-0.2, 0) is 16.1 Å². The summed E-state index contributed by atoms with van der Waals surface area (Å²) in [5, 5.41) is 2.81. The fourth-order valence-corrected chi connectivity index (χ4v) is 4.70. The molecule has 1 saturated carbocycles. The van der Waals surface area contributed by atoms with Gasteiger partial charge in [-0.3, -0.25) is 28.8 Å². The monoisotopic (exact) mass is 476 g/mol.